The highest BCUT2D eigenvalue weighted by Crippen LogP contribution is 2.38. The molecule has 2 fully saturated rings. The number of alkyl halides is 8. The zero-order valence-corrected chi connectivity index (χ0v) is 43.6. The number of nitrogens with zero attached hydrogens (tertiary/aromatic N) is 9. The van der Waals surface area contributed by atoms with Crippen molar-refractivity contribution in [3.05, 3.63) is 110 Å². The van der Waals surface area contributed by atoms with E-state index in [0.29, 0.717) is 93.5 Å². The number of aromatic nitrogens is 12. The minimum atomic E-state index is -4.49. The van der Waals surface area contributed by atoms with Crippen LogP contribution < -0.4 is 31.9 Å². The van der Waals surface area contributed by atoms with Crippen LogP contribution in [0.2, 0.25) is 0 Å². The van der Waals surface area contributed by atoms with Crippen LogP contribution in [-0.2, 0) is 14.4 Å². The number of carbonyl (C=O) groups is 3. The van der Waals surface area contributed by atoms with Crippen molar-refractivity contribution in [1.29, 1.82) is 0 Å². The number of anilines is 3. The van der Waals surface area contributed by atoms with Crippen molar-refractivity contribution < 1.29 is 72.7 Å². The summed E-state index contributed by atoms with van der Waals surface area (Å²) in [4.78, 5) is 82.5. The van der Waals surface area contributed by atoms with Gasteiger partial charge in [-0.3, -0.25) is 14.4 Å². The molecule has 9 N–H and O–H groups in total. The first-order chi connectivity index (χ1) is 39.9. The van der Waals surface area contributed by atoms with E-state index in [0.717, 1.165) is 25.0 Å². The normalized spacial score (nSPS) is 14.7. The molecule has 0 radical (unpaired) electrons. The summed E-state index contributed by atoms with van der Waals surface area (Å²) in [6.45, 7) is -2.09. The average molecular weight is 1200 g/mol. The van der Waals surface area contributed by atoms with E-state index in [-0.39, 0.29) is 33.3 Å². The molecule has 2 saturated carbocycles. The number of hydrogen-bond acceptors (Lipinski definition) is 15. The first kappa shape index (κ1) is 59.0. The van der Waals surface area contributed by atoms with Gasteiger partial charge in [0, 0.05) is 80.0 Å². The Hall–Kier alpha value is -9.65. The van der Waals surface area contributed by atoms with Crippen molar-refractivity contribution in [3.8, 4) is 34.2 Å². The fourth-order valence-electron chi connectivity index (χ4n) is 8.86. The van der Waals surface area contributed by atoms with Crippen LogP contribution in [0.3, 0.4) is 0 Å². The number of amides is 3. The maximum atomic E-state index is 13.6. The number of fused-ring (bicyclic) bond motifs is 3. The van der Waals surface area contributed by atoms with Gasteiger partial charge >= 0.3 is 12.4 Å². The minimum absolute atomic E-state index is 0. The maximum absolute atomic E-state index is 13.6. The van der Waals surface area contributed by atoms with Gasteiger partial charge in [0.05, 0.1) is 25.1 Å². The van der Waals surface area contributed by atoms with Crippen LogP contribution in [0.4, 0.5) is 65.7 Å². The number of pyridine rings is 3. The fourth-order valence-corrected chi connectivity index (χ4v) is 8.86. The van der Waals surface area contributed by atoms with E-state index in [1.54, 1.807) is 30.0 Å². The predicted molar refractivity (Wildman–Crippen MR) is 297 cm³/mol. The summed E-state index contributed by atoms with van der Waals surface area (Å²) >= 11 is 0. The molecule has 9 aromatic heterocycles. The molecule has 0 spiro atoms. The summed E-state index contributed by atoms with van der Waals surface area (Å²) in [5.41, 5.74) is 0.878. The number of hydrogen-bond donors (Lipinski definition) is 9. The summed E-state index contributed by atoms with van der Waals surface area (Å²) < 4.78 is 139. The lowest BCUT2D eigenvalue weighted by Gasteiger charge is -2.41. The number of nitrogens with one attached hydrogen (secondary N) is 9. The standard InChI is InChI=1S/C18H16F4N6O.C18H17F3N6O.C16H14F4N6O.7H2/c19-10-6-11-12(8-25-14(11)24-7-10)15-23-5-2-13(27-15)28-17(3-1-4-17)16(29)26-9-18(20,21)22;19-10-6-11-12(8-24-15(11)23-7-10)16-22-5-2-14(26-16)27-18(3-1-4-18)17(28)25-9-13(20)21;1-8(15(27)24-7-16(18,19)20)25-12-2-3-21-14(26-12)11-6-23-13-10(11)4-9(17)5-22-13;;;;;;;/h2,5-8H,1,3-4,9H2,(H,24,25)(H,26,29)(H,23,27,28);2,5-8,13H,1,3-4,9H2,(H,23,24)(H,25,28)(H,22,26,27);2-6,8H,7H2,1H3,(H,22,23)(H,24,27)(H,21,25,26);7*1H/t;;8-;;;;;;;/m..1......./s1. The second-order valence-corrected chi connectivity index (χ2v) is 19.3. The quantitative estimate of drug-likeness (QED) is 0.0407. The SMILES string of the molecule is C[C@@H](Nc1ccnc(-c2c[nH]c3ncc(F)cc23)n1)C(=O)NCC(F)(F)F.O=C(NCC(F)(F)F)C1(Nc2ccnc(-c3c[nH]c4ncc(F)cc34)n2)CCC1.O=C(NCC(F)F)C1(Nc2ccnc(-c3c[nH]c4ncc(F)cc34)n2)CCC1.[HH].[HH].[HH].[HH].[HH].[HH].[HH]. The van der Waals surface area contributed by atoms with Crippen LogP contribution >= 0.6 is 0 Å². The van der Waals surface area contributed by atoms with E-state index in [1.807, 2.05) is 5.32 Å². The van der Waals surface area contributed by atoms with Crippen molar-refractivity contribution in [2.24, 2.45) is 0 Å². The molecule has 0 bridgehead atoms. The maximum Gasteiger partial charge on any atom is 0.405 e. The number of rotatable bonds is 16. The van der Waals surface area contributed by atoms with Crippen molar-refractivity contribution in [2.45, 2.75) is 81.3 Å². The molecule has 0 unspecified atom stereocenters. The molecule has 2 aliphatic carbocycles. The highest BCUT2D eigenvalue weighted by Gasteiger charge is 2.46. The molecule has 0 aliphatic heterocycles. The molecule has 1 atom stereocenters. The third kappa shape index (κ3) is 14.1. The number of aromatic amines is 3. The number of carbonyl (C=O) groups excluding carboxylic acids is 3. The predicted octanol–water partition coefficient (Wildman–Crippen LogP) is 10.4. The van der Waals surface area contributed by atoms with Gasteiger partial charge in [0.25, 0.3) is 6.43 Å². The highest BCUT2D eigenvalue weighted by molar-refractivity contribution is 5.95. The van der Waals surface area contributed by atoms with Gasteiger partial charge in [-0.2, -0.15) is 26.3 Å². The summed E-state index contributed by atoms with van der Waals surface area (Å²) in [6, 6.07) is 7.54. The van der Waals surface area contributed by atoms with Gasteiger partial charge in [0.1, 0.15) is 82.1 Å². The third-order valence-electron chi connectivity index (χ3n) is 13.3. The summed E-state index contributed by atoms with van der Waals surface area (Å²) in [5.74, 6) is -1.81. The average Bonchev–Trinajstić information content (AvgIpc) is 1.75. The van der Waals surface area contributed by atoms with Crippen LogP contribution in [-0.4, -0.2) is 133 Å². The van der Waals surface area contributed by atoms with E-state index in [1.165, 1.54) is 55.8 Å². The van der Waals surface area contributed by atoms with E-state index >= 15 is 0 Å². The van der Waals surface area contributed by atoms with E-state index in [4.69, 9.17) is 0 Å². The first-order valence-electron chi connectivity index (χ1n) is 25.4. The molecule has 0 saturated heterocycles. The van der Waals surface area contributed by atoms with Gasteiger partial charge in [0.15, 0.2) is 17.5 Å². The summed E-state index contributed by atoms with van der Waals surface area (Å²) in [5, 5.41) is 16.2. The fraction of sp³-hybridized carbons (Fsp3) is 0.308. The van der Waals surface area contributed by atoms with Crippen molar-refractivity contribution >= 4 is 68.3 Å². The molecule has 84 heavy (non-hydrogen) atoms. The lowest BCUT2D eigenvalue weighted by atomic mass is 9.76. The number of H-pyrrole nitrogens is 3. The van der Waals surface area contributed by atoms with Crippen LogP contribution in [0.15, 0.2) is 92.2 Å². The van der Waals surface area contributed by atoms with E-state index in [9.17, 15) is 62.7 Å². The molecule has 0 aromatic carbocycles. The highest BCUT2D eigenvalue weighted by atomic mass is 19.4. The molecule has 2 aliphatic rings. The Bertz CT molecular complexity index is 3860. The van der Waals surface area contributed by atoms with Crippen molar-refractivity contribution in [3.63, 3.8) is 0 Å². The lowest BCUT2D eigenvalue weighted by Crippen LogP contribution is -2.58. The molecule has 9 aromatic rings. The molecule has 454 valence electrons. The Morgan fingerprint density at radius 1 is 0.560 bits per heavy atom. The van der Waals surface area contributed by atoms with Gasteiger partial charge in [-0.15, -0.1) is 0 Å². The topological polar surface area (TPSA) is 287 Å². The van der Waals surface area contributed by atoms with Gasteiger partial charge in [-0.05, 0) is 81.8 Å². The summed E-state index contributed by atoms with van der Waals surface area (Å²) in [6.07, 6.45) is 4.17. The number of halogens is 11. The second kappa shape index (κ2) is 24.4. The second-order valence-electron chi connectivity index (χ2n) is 19.3. The minimum Gasteiger partial charge on any atom is -0.359 e. The van der Waals surface area contributed by atoms with Crippen LogP contribution in [0.25, 0.3) is 67.3 Å². The van der Waals surface area contributed by atoms with Gasteiger partial charge in [-0.25, -0.2) is 66.8 Å². The monoisotopic (exact) mass is 1190 g/mol. The van der Waals surface area contributed by atoms with Gasteiger partial charge < -0.3 is 46.9 Å². The van der Waals surface area contributed by atoms with Crippen LogP contribution in [0.1, 0.15) is 55.4 Å². The molecule has 3 amide bonds. The molecule has 11 rings (SSSR count). The molecular weight excluding hydrogens is 1130 g/mol. The Morgan fingerprint density at radius 2 is 0.929 bits per heavy atom. The third-order valence-corrected chi connectivity index (χ3v) is 13.3. The molecular formula is C52H61F11N18O3. The molecule has 32 heteroatoms. The van der Waals surface area contributed by atoms with Crippen LogP contribution in [0.5, 0.6) is 0 Å². The zero-order valence-electron chi connectivity index (χ0n) is 43.6. The Kier molecular flexibility index (Phi) is 17.2. The van der Waals surface area contributed by atoms with Gasteiger partial charge in [-0.1, -0.05) is 0 Å². The van der Waals surface area contributed by atoms with E-state index < -0.39 is 90.7 Å². The molecule has 9 heterocycles. The largest absolute Gasteiger partial charge is 0.405 e. The smallest absolute Gasteiger partial charge is 0.359 e. The van der Waals surface area contributed by atoms with Crippen LogP contribution in [0, 0.1) is 17.5 Å². The van der Waals surface area contributed by atoms with E-state index in [2.05, 4.69) is 81.1 Å². The van der Waals surface area contributed by atoms with Crippen molar-refractivity contribution in [2.75, 3.05) is 35.6 Å². The lowest BCUT2D eigenvalue weighted by molar-refractivity contribution is -0.142. The Labute approximate surface area is 476 Å². The first-order valence-corrected chi connectivity index (χ1v) is 25.4. The zero-order chi connectivity index (χ0) is 60.0. The van der Waals surface area contributed by atoms with Gasteiger partial charge in [0.2, 0.25) is 17.7 Å². The Morgan fingerprint density at radius 3 is 1.30 bits per heavy atom. The Balaban J connectivity index is 0.000000448. The van der Waals surface area contributed by atoms with Crippen molar-refractivity contribution in [1.82, 2.24) is 75.8 Å². The molecule has 21 nitrogen and oxygen atoms in total. The summed E-state index contributed by atoms with van der Waals surface area (Å²) in [7, 11) is 0.